The Kier molecular flexibility index (Phi) is 5.88. The lowest BCUT2D eigenvalue weighted by Crippen LogP contribution is -2.41. The first kappa shape index (κ1) is 14.4. The van der Waals surface area contributed by atoms with Crippen molar-refractivity contribution in [2.75, 3.05) is 40.4 Å². The highest BCUT2D eigenvalue weighted by atomic mass is 16.5. The molecule has 1 aliphatic rings. The van der Waals surface area contributed by atoms with E-state index < -0.39 is 0 Å². The van der Waals surface area contributed by atoms with Crippen molar-refractivity contribution in [3.05, 3.63) is 0 Å². The zero-order chi connectivity index (χ0) is 12.8. The summed E-state index contributed by atoms with van der Waals surface area (Å²) in [5, 5.41) is 9.66. The molecule has 1 fully saturated rings. The van der Waals surface area contributed by atoms with Gasteiger partial charge in [0, 0.05) is 25.7 Å². The molecule has 2 atom stereocenters. The number of rotatable bonds is 6. The second-order valence-electron chi connectivity index (χ2n) is 4.80. The van der Waals surface area contributed by atoms with E-state index in [0.717, 1.165) is 6.54 Å². The van der Waals surface area contributed by atoms with Crippen molar-refractivity contribution >= 4 is 5.91 Å². The van der Waals surface area contributed by atoms with Crippen LogP contribution in [-0.2, 0) is 9.53 Å². The molecule has 0 spiro atoms. The van der Waals surface area contributed by atoms with Gasteiger partial charge < -0.3 is 19.6 Å². The predicted octanol–water partition coefficient (Wildman–Crippen LogP) is -0.0636. The molecule has 1 rings (SSSR count). The Morgan fingerprint density at radius 3 is 2.82 bits per heavy atom. The van der Waals surface area contributed by atoms with Gasteiger partial charge in [0.25, 0.3) is 0 Å². The van der Waals surface area contributed by atoms with Crippen molar-refractivity contribution in [2.45, 2.75) is 31.9 Å². The first-order valence-corrected chi connectivity index (χ1v) is 6.24. The Hall–Kier alpha value is -0.650. The van der Waals surface area contributed by atoms with Gasteiger partial charge in [-0.2, -0.15) is 0 Å². The number of carbonyl (C=O) groups excluding carboxylic acids is 1. The van der Waals surface area contributed by atoms with Crippen molar-refractivity contribution in [1.29, 1.82) is 0 Å². The van der Waals surface area contributed by atoms with Crippen LogP contribution >= 0.6 is 0 Å². The van der Waals surface area contributed by atoms with E-state index >= 15 is 0 Å². The number of likely N-dealkylation sites (N-methyl/N-ethyl adjacent to an activating group) is 1. The second kappa shape index (κ2) is 6.93. The van der Waals surface area contributed by atoms with Gasteiger partial charge in [0.2, 0.25) is 5.91 Å². The third-order valence-electron chi connectivity index (χ3n) is 2.95. The van der Waals surface area contributed by atoms with Crippen molar-refractivity contribution in [3.8, 4) is 0 Å². The van der Waals surface area contributed by atoms with E-state index in [4.69, 9.17) is 4.74 Å². The quantitative estimate of drug-likeness (QED) is 0.665. The summed E-state index contributed by atoms with van der Waals surface area (Å²) < 4.78 is 5.19. The summed E-state index contributed by atoms with van der Waals surface area (Å²) >= 11 is 0. The van der Waals surface area contributed by atoms with Gasteiger partial charge in [0.05, 0.1) is 19.1 Å². The number of β-amino-alcohol motifs (C(OH)–C–C–N with tert-alkyl or cyclic N) is 1. The predicted molar refractivity (Wildman–Crippen MR) is 65.8 cm³/mol. The minimum Gasteiger partial charge on any atom is -0.391 e. The molecular formula is C12H24N2O3. The van der Waals surface area contributed by atoms with Crippen LogP contribution in [0.2, 0.25) is 0 Å². The van der Waals surface area contributed by atoms with Crippen LogP contribution in [0.25, 0.3) is 0 Å². The van der Waals surface area contributed by atoms with Crippen LogP contribution in [0, 0.1) is 0 Å². The molecule has 17 heavy (non-hydrogen) atoms. The molecule has 0 aromatic heterocycles. The van der Waals surface area contributed by atoms with Crippen LogP contribution in [0.4, 0.5) is 0 Å². The van der Waals surface area contributed by atoms with E-state index in [9.17, 15) is 9.90 Å². The number of hydrogen-bond acceptors (Lipinski definition) is 4. The molecule has 0 aromatic rings. The molecule has 1 saturated heterocycles. The molecular weight excluding hydrogens is 220 g/mol. The number of likely N-dealkylation sites (tertiary alicyclic amines) is 1. The number of nitrogens with zero attached hydrogens (tertiary/aromatic N) is 2. The van der Waals surface area contributed by atoms with Crippen molar-refractivity contribution < 1.29 is 14.6 Å². The molecule has 100 valence electrons. The molecule has 5 nitrogen and oxygen atoms in total. The smallest absolute Gasteiger partial charge is 0.225 e. The molecule has 5 heteroatoms. The van der Waals surface area contributed by atoms with Crippen LogP contribution < -0.4 is 0 Å². The third kappa shape index (κ3) is 4.61. The van der Waals surface area contributed by atoms with Gasteiger partial charge in [0.15, 0.2) is 0 Å². The molecule has 0 aliphatic carbocycles. The Morgan fingerprint density at radius 2 is 2.24 bits per heavy atom. The summed E-state index contributed by atoms with van der Waals surface area (Å²) in [6.07, 6.45) is 0.708. The number of carbonyl (C=O) groups is 1. The van der Waals surface area contributed by atoms with E-state index in [1.165, 1.54) is 0 Å². The Balaban J connectivity index is 2.45. The third-order valence-corrected chi connectivity index (χ3v) is 2.95. The Morgan fingerprint density at radius 1 is 1.53 bits per heavy atom. The van der Waals surface area contributed by atoms with Crippen LogP contribution in [0.15, 0.2) is 0 Å². The topological polar surface area (TPSA) is 53.0 Å². The highest BCUT2D eigenvalue weighted by Crippen LogP contribution is 2.19. The van der Waals surface area contributed by atoms with Crippen molar-refractivity contribution in [2.24, 2.45) is 0 Å². The van der Waals surface area contributed by atoms with E-state index in [0.29, 0.717) is 32.6 Å². The van der Waals surface area contributed by atoms with Gasteiger partial charge in [-0.1, -0.05) is 0 Å². The van der Waals surface area contributed by atoms with Crippen molar-refractivity contribution in [1.82, 2.24) is 9.80 Å². The maximum absolute atomic E-state index is 12.0. The molecule has 0 aromatic carbocycles. The van der Waals surface area contributed by atoms with Gasteiger partial charge in [-0.05, 0) is 27.4 Å². The van der Waals surface area contributed by atoms with E-state index in [2.05, 4.69) is 0 Å². The highest BCUT2D eigenvalue weighted by Gasteiger charge is 2.33. The lowest BCUT2D eigenvalue weighted by Gasteiger charge is -2.26. The lowest BCUT2D eigenvalue weighted by atomic mass is 10.2. The van der Waals surface area contributed by atoms with Crippen LogP contribution in [-0.4, -0.2) is 73.4 Å². The van der Waals surface area contributed by atoms with Gasteiger partial charge in [-0.25, -0.2) is 0 Å². The molecule has 1 N–H and O–H groups in total. The summed E-state index contributed by atoms with van der Waals surface area (Å²) in [7, 11) is 3.96. The standard InChI is InChI=1S/C12H24N2O3/c1-4-17-6-5-12(16)14-9-11(15)7-10(14)8-13(2)3/h10-11,15H,4-9H2,1-3H3. The Bertz CT molecular complexity index is 246. The molecule has 2 unspecified atom stereocenters. The average Bonchev–Trinajstić information content (AvgIpc) is 2.58. The zero-order valence-electron chi connectivity index (χ0n) is 11.1. The van der Waals surface area contributed by atoms with Gasteiger partial charge in [-0.3, -0.25) is 4.79 Å². The minimum absolute atomic E-state index is 0.0850. The highest BCUT2D eigenvalue weighted by molar-refractivity contribution is 5.77. The lowest BCUT2D eigenvalue weighted by molar-refractivity contribution is -0.133. The number of aliphatic hydroxyl groups is 1. The monoisotopic (exact) mass is 244 g/mol. The molecule has 0 saturated carbocycles. The summed E-state index contributed by atoms with van der Waals surface area (Å²) in [6, 6.07) is 0.133. The minimum atomic E-state index is -0.379. The molecule has 0 bridgehead atoms. The first-order chi connectivity index (χ1) is 8.04. The van der Waals surface area contributed by atoms with E-state index in [1.54, 1.807) is 4.90 Å². The maximum atomic E-state index is 12.0. The zero-order valence-corrected chi connectivity index (χ0v) is 11.1. The van der Waals surface area contributed by atoms with Gasteiger partial charge >= 0.3 is 0 Å². The van der Waals surface area contributed by atoms with Crippen LogP contribution in [0.5, 0.6) is 0 Å². The average molecular weight is 244 g/mol. The van der Waals surface area contributed by atoms with Crippen LogP contribution in [0.1, 0.15) is 19.8 Å². The van der Waals surface area contributed by atoms with E-state index in [-0.39, 0.29) is 18.1 Å². The van der Waals surface area contributed by atoms with E-state index in [1.807, 2.05) is 25.9 Å². The second-order valence-corrected chi connectivity index (χ2v) is 4.80. The van der Waals surface area contributed by atoms with Crippen molar-refractivity contribution in [3.63, 3.8) is 0 Å². The summed E-state index contributed by atoms with van der Waals surface area (Å²) in [4.78, 5) is 15.8. The molecule has 1 heterocycles. The molecule has 0 radical (unpaired) electrons. The maximum Gasteiger partial charge on any atom is 0.225 e. The fourth-order valence-corrected chi connectivity index (χ4v) is 2.24. The number of aliphatic hydroxyl groups excluding tert-OH is 1. The fourth-order valence-electron chi connectivity index (χ4n) is 2.24. The Labute approximate surface area is 103 Å². The number of ether oxygens (including phenoxy) is 1. The normalized spacial score (nSPS) is 24.6. The molecule has 1 amide bonds. The molecule has 1 aliphatic heterocycles. The number of amides is 1. The summed E-state index contributed by atoms with van der Waals surface area (Å²) in [6.45, 7) is 4.29. The van der Waals surface area contributed by atoms with Crippen LogP contribution in [0.3, 0.4) is 0 Å². The first-order valence-electron chi connectivity index (χ1n) is 6.24. The SMILES string of the molecule is CCOCCC(=O)N1CC(O)CC1CN(C)C. The summed E-state index contributed by atoms with van der Waals surface area (Å²) in [5.74, 6) is 0.0850. The largest absolute Gasteiger partial charge is 0.391 e. The fraction of sp³-hybridized carbons (Fsp3) is 0.917. The summed E-state index contributed by atoms with van der Waals surface area (Å²) in [5.41, 5.74) is 0. The number of hydrogen-bond donors (Lipinski definition) is 1. The van der Waals surface area contributed by atoms with Gasteiger partial charge in [-0.15, -0.1) is 0 Å². The van der Waals surface area contributed by atoms with Gasteiger partial charge in [0.1, 0.15) is 0 Å².